The van der Waals surface area contributed by atoms with Gasteiger partial charge in [-0.3, -0.25) is 0 Å². The van der Waals surface area contributed by atoms with Crippen LogP contribution in [0.2, 0.25) is 0 Å². The number of anilines is 3. The van der Waals surface area contributed by atoms with E-state index in [1.54, 1.807) is 7.11 Å². The van der Waals surface area contributed by atoms with Gasteiger partial charge in [0.2, 0.25) is 0 Å². The van der Waals surface area contributed by atoms with E-state index >= 15 is 0 Å². The maximum absolute atomic E-state index is 5.98. The van der Waals surface area contributed by atoms with Crippen molar-refractivity contribution in [1.82, 2.24) is 19.9 Å². The van der Waals surface area contributed by atoms with Gasteiger partial charge in [-0.2, -0.15) is 0 Å². The van der Waals surface area contributed by atoms with Gasteiger partial charge in [0, 0.05) is 50.1 Å². The van der Waals surface area contributed by atoms with E-state index in [0.29, 0.717) is 23.4 Å². The van der Waals surface area contributed by atoms with E-state index < -0.39 is 0 Å². The highest BCUT2D eigenvalue weighted by Gasteiger charge is 2.28. The molecule has 3 aromatic rings. The first-order chi connectivity index (χ1) is 20.6. The van der Waals surface area contributed by atoms with Gasteiger partial charge in [0.15, 0.2) is 5.82 Å². The minimum atomic E-state index is 0.325. The molecule has 6 rings (SSSR count). The highest BCUT2D eigenvalue weighted by atomic mass is 32.1. The molecule has 0 amide bonds. The van der Waals surface area contributed by atoms with Crippen LogP contribution in [0.3, 0.4) is 0 Å². The van der Waals surface area contributed by atoms with Crippen molar-refractivity contribution >= 4 is 41.2 Å². The summed E-state index contributed by atoms with van der Waals surface area (Å²) in [6.45, 7) is 10.6. The van der Waals surface area contributed by atoms with Crippen LogP contribution in [0.5, 0.6) is 5.75 Å². The van der Waals surface area contributed by atoms with Crippen molar-refractivity contribution in [2.45, 2.75) is 70.9 Å². The average molecular weight is 592 g/mol. The van der Waals surface area contributed by atoms with Gasteiger partial charge in [0.1, 0.15) is 22.6 Å². The molecule has 0 aliphatic carbocycles. The average Bonchev–Trinajstić information content (AvgIpc) is 3.04. The molecule has 0 saturated carbocycles. The number of fused-ring (bicyclic) bond motifs is 1. The first kappa shape index (κ1) is 29.3. The second-order valence-electron chi connectivity index (χ2n) is 12.1. The van der Waals surface area contributed by atoms with Gasteiger partial charge in [0.05, 0.1) is 18.5 Å². The van der Waals surface area contributed by atoms with E-state index in [2.05, 4.69) is 69.7 Å². The van der Waals surface area contributed by atoms with Crippen LogP contribution in [0.25, 0.3) is 22.2 Å². The lowest BCUT2D eigenvalue weighted by Crippen LogP contribution is -2.47. The molecule has 0 spiro atoms. The number of hydrogen-bond acceptors (Lipinski definition) is 10. The van der Waals surface area contributed by atoms with Crippen LogP contribution in [0.1, 0.15) is 58.1 Å². The zero-order valence-corrected chi connectivity index (χ0v) is 26.1. The number of ether oxygens (including phenoxy) is 2. The van der Waals surface area contributed by atoms with Crippen LogP contribution in [0.4, 0.5) is 17.3 Å². The van der Waals surface area contributed by atoms with E-state index in [9.17, 15) is 0 Å². The van der Waals surface area contributed by atoms with Crippen molar-refractivity contribution in [2.24, 2.45) is 5.92 Å². The number of thiol groups is 1. The highest BCUT2D eigenvalue weighted by molar-refractivity contribution is 7.81. The monoisotopic (exact) mass is 591 g/mol. The molecule has 3 aliphatic heterocycles. The minimum absolute atomic E-state index is 0.325. The maximum Gasteiger partial charge on any atom is 0.164 e. The predicted molar refractivity (Wildman–Crippen MR) is 174 cm³/mol. The van der Waals surface area contributed by atoms with Crippen LogP contribution in [-0.4, -0.2) is 78.4 Å². The summed E-state index contributed by atoms with van der Waals surface area (Å²) in [5.74, 6) is 3.19. The smallest absolute Gasteiger partial charge is 0.164 e. The fourth-order valence-corrected chi connectivity index (χ4v) is 6.90. The molecule has 226 valence electrons. The minimum Gasteiger partial charge on any atom is -0.495 e. The van der Waals surface area contributed by atoms with Gasteiger partial charge in [-0.15, -0.1) is 0 Å². The zero-order chi connectivity index (χ0) is 29.1. The van der Waals surface area contributed by atoms with E-state index in [4.69, 9.17) is 19.4 Å². The third-order valence-corrected chi connectivity index (χ3v) is 9.62. The van der Waals surface area contributed by atoms with Gasteiger partial charge in [0.25, 0.3) is 0 Å². The number of nitrogens with one attached hydrogen (secondary N) is 2. The van der Waals surface area contributed by atoms with Crippen LogP contribution in [0.15, 0.2) is 24.4 Å². The summed E-state index contributed by atoms with van der Waals surface area (Å²) in [7, 11) is 1.76. The number of likely N-dealkylation sites (tertiary alicyclic amines) is 1. The molecule has 1 aromatic carbocycles. The summed E-state index contributed by atoms with van der Waals surface area (Å²) < 4.78 is 14.5. The standard InChI is InChI=1S/C32H45N7O2S/c1-4-26-31(34-23-11-17-41-18-12-23)36-29-25(20-33-32(37-42)30(29)35-26)22-5-6-27(28(19-22)40-3)39-15-9-24(10-16-39)38-13-7-21(2)8-14-38/h5-6,19-21,23-24,42H,4,7-18H2,1-3H3,(H,33,37)(H,34,36). The van der Waals surface area contributed by atoms with Crippen LogP contribution in [0, 0.1) is 5.92 Å². The number of hydrogen-bond donors (Lipinski definition) is 3. The normalized spacial score (nSPS) is 19.8. The Hall–Kier alpha value is -2.82. The van der Waals surface area contributed by atoms with E-state index in [-0.39, 0.29) is 0 Å². The van der Waals surface area contributed by atoms with Crippen LogP contribution < -0.4 is 19.7 Å². The molecule has 2 N–H and O–H groups in total. The quantitative estimate of drug-likeness (QED) is 0.281. The lowest BCUT2D eigenvalue weighted by molar-refractivity contribution is 0.0903. The van der Waals surface area contributed by atoms with Crippen molar-refractivity contribution in [1.29, 1.82) is 0 Å². The molecule has 9 nitrogen and oxygen atoms in total. The maximum atomic E-state index is 5.98. The molecule has 42 heavy (non-hydrogen) atoms. The van der Waals surface area contributed by atoms with Crippen molar-refractivity contribution in [2.75, 3.05) is 61.4 Å². The molecule has 10 heteroatoms. The Kier molecular flexibility index (Phi) is 9.21. The molecule has 0 radical (unpaired) electrons. The Morgan fingerprint density at radius 3 is 2.43 bits per heavy atom. The summed E-state index contributed by atoms with van der Waals surface area (Å²) >= 11 is 4.31. The Bertz CT molecular complexity index is 1370. The molecule has 2 aromatic heterocycles. The second-order valence-corrected chi connectivity index (χ2v) is 12.3. The molecule has 5 heterocycles. The first-order valence-corrected chi connectivity index (χ1v) is 16.1. The summed E-state index contributed by atoms with van der Waals surface area (Å²) in [5.41, 5.74) is 5.51. The number of nitrogens with zero attached hydrogens (tertiary/aromatic N) is 5. The molecule has 3 saturated heterocycles. The SMILES string of the molecule is CCc1nc2c(NS)ncc(-c3ccc(N4CCC(N5CCC(C)CC5)CC4)c(OC)c3)c2nc1NC1CCOCC1. The van der Waals surface area contributed by atoms with Gasteiger partial charge in [-0.1, -0.05) is 32.7 Å². The van der Waals surface area contributed by atoms with Gasteiger partial charge in [-0.25, -0.2) is 15.0 Å². The molecule has 3 fully saturated rings. The third-order valence-electron chi connectivity index (χ3n) is 9.40. The number of aromatic nitrogens is 3. The molecule has 3 aliphatic rings. The van der Waals surface area contributed by atoms with Crippen molar-refractivity contribution in [3.8, 4) is 16.9 Å². The van der Waals surface area contributed by atoms with E-state index in [1.807, 2.05) is 6.20 Å². The first-order valence-electron chi connectivity index (χ1n) is 15.7. The Morgan fingerprint density at radius 1 is 0.976 bits per heavy atom. The number of methoxy groups -OCH3 is 1. The summed E-state index contributed by atoms with van der Waals surface area (Å²) in [5, 5.41) is 3.66. The number of rotatable bonds is 8. The predicted octanol–water partition coefficient (Wildman–Crippen LogP) is 5.81. The molecular weight excluding hydrogens is 546 g/mol. The van der Waals surface area contributed by atoms with Crippen molar-refractivity contribution < 1.29 is 9.47 Å². The summed E-state index contributed by atoms with van der Waals surface area (Å²) in [4.78, 5) is 20.1. The highest BCUT2D eigenvalue weighted by Crippen LogP contribution is 2.38. The van der Waals surface area contributed by atoms with Crippen molar-refractivity contribution in [3.05, 3.63) is 30.1 Å². The number of aryl methyl sites for hydroxylation is 1. The fraction of sp³-hybridized carbons (Fsp3) is 0.594. The summed E-state index contributed by atoms with van der Waals surface area (Å²) in [6.07, 6.45) is 9.61. The Morgan fingerprint density at radius 2 is 1.74 bits per heavy atom. The van der Waals surface area contributed by atoms with Crippen LogP contribution in [-0.2, 0) is 11.2 Å². The number of piperidine rings is 2. The van der Waals surface area contributed by atoms with Crippen molar-refractivity contribution in [3.63, 3.8) is 0 Å². The number of pyridine rings is 1. The van der Waals surface area contributed by atoms with Gasteiger partial charge >= 0.3 is 0 Å². The lowest BCUT2D eigenvalue weighted by atomic mass is 9.94. The topological polar surface area (TPSA) is 87.7 Å². The third kappa shape index (κ3) is 6.12. The Labute approximate surface area is 255 Å². The fourth-order valence-electron chi connectivity index (χ4n) is 6.74. The lowest BCUT2D eigenvalue weighted by Gasteiger charge is -2.42. The number of benzene rings is 1. The van der Waals surface area contributed by atoms with E-state index in [0.717, 1.165) is 91.1 Å². The Balaban J connectivity index is 1.28. The summed E-state index contributed by atoms with van der Waals surface area (Å²) in [6, 6.07) is 7.51. The molecule has 0 bridgehead atoms. The molecular formula is C32H45N7O2S. The zero-order valence-electron chi connectivity index (χ0n) is 25.2. The largest absolute Gasteiger partial charge is 0.495 e. The van der Waals surface area contributed by atoms with Gasteiger partial charge < -0.3 is 29.3 Å². The second kappa shape index (κ2) is 13.2. The molecule has 0 unspecified atom stereocenters. The van der Waals surface area contributed by atoms with E-state index in [1.165, 1.54) is 38.8 Å². The molecule has 0 atom stereocenters. The van der Waals surface area contributed by atoms with Gasteiger partial charge in [-0.05, 0) is 81.6 Å². The van der Waals surface area contributed by atoms with Crippen LogP contribution >= 0.6 is 12.8 Å².